The van der Waals surface area contributed by atoms with Gasteiger partial charge < -0.3 is 10.1 Å². The Labute approximate surface area is 183 Å². The second-order valence-electron chi connectivity index (χ2n) is 6.23. The molecule has 30 heavy (non-hydrogen) atoms. The molecule has 7 heteroatoms. The Bertz CT molecular complexity index is 1140. The normalized spacial score (nSPS) is 10.9. The summed E-state index contributed by atoms with van der Waals surface area (Å²) in [5, 5.41) is 13.0. The van der Waals surface area contributed by atoms with Crippen molar-refractivity contribution in [3.8, 4) is 11.8 Å². The number of carbonyl (C=O) groups excluding carboxylic acids is 1. The van der Waals surface area contributed by atoms with Crippen molar-refractivity contribution in [1.29, 1.82) is 5.26 Å². The molecule has 0 saturated heterocycles. The number of amides is 1. The summed E-state index contributed by atoms with van der Waals surface area (Å²) in [6.45, 7) is 0.110. The van der Waals surface area contributed by atoms with Gasteiger partial charge in [0.05, 0.1) is 0 Å². The maximum absolute atomic E-state index is 13.4. The molecule has 0 unspecified atom stereocenters. The fourth-order valence-electron chi connectivity index (χ4n) is 2.59. The third-order valence-electron chi connectivity index (χ3n) is 4.02. The zero-order valence-corrected chi connectivity index (χ0v) is 17.0. The predicted molar refractivity (Wildman–Crippen MR) is 116 cm³/mol. The van der Waals surface area contributed by atoms with E-state index in [0.29, 0.717) is 32.6 Å². The predicted octanol–water partition coefficient (Wildman–Crippen LogP) is 6.26. The van der Waals surface area contributed by atoms with Gasteiger partial charge in [-0.3, -0.25) is 4.79 Å². The van der Waals surface area contributed by atoms with E-state index in [1.165, 1.54) is 18.2 Å². The third kappa shape index (κ3) is 5.84. The van der Waals surface area contributed by atoms with Gasteiger partial charge in [0.2, 0.25) is 0 Å². The van der Waals surface area contributed by atoms with Gasteiger partial charge in [-0.1, -0.05) is 35.3 Å². The lowest BCUT2D eigenvalue weighted by Crippen LogP contribution is -2.13. The first-order valence-corrected chi connectivity index (χ1v) is 9.56. The number of carbonyl (C=O) groups is 1. The Morgan fingerprint density at radius 1 is 1.07 bits per heavy atom. The molecule has 1 N–H and O–H groups in total. The van der Waals surface area contributed by atoms with Crippen LogP contribution in [0.5, 0.6) is 5.75 Å². The minimum Gasteiger partial charge on any atom is -0.488 e. The quantitative estimate of drug-likeness (QED) is 0.363. The number of nitrogens with one attached hydrogen (secondary N) is 1. The lowest BCUT2D eigenvalue weighted by molar-refractivity contribution is -0.112. The molecule has 0 aliphatic rings. The SMILES string of the molecule is N#C/C(=C\c1cc(Cl)ccc1OCc1cccc(F)c1)C(=O)Nc1ccc(Cl)cc1. The van der Waals surface area contributed by atoms with Gasteiger partial charge in [0.1, 0.15) is 29.8 Å². The van der Waals surface area contributed by atoms with Crippen LogP contribution < -0.4 is 10.1 Å². The number of rotatable bonds is 6. The Hall–Kier alpha value is -3.33. The number of hydrogen-bond acceptors (Lipinski definition) is 3. The molecule has 0 saturated carbocycles. The summed E-state index contributed by atoms with van der Waals surface area (Å²) in [4.78, 5) is 12.5. The van der Waals surface area contributed by atoms with Crippen LogP contribution in [0, 0.1) is 17.1 Å². The van der Waals surface area contributed by atoms with Gasteiger partial charge in [-0.25, -0.2) is 4.39 Å². The molecule has 3 rings (SSSR count). The molecular weight excluding hydrogens is 426 g/mol. The molecule has 0 aliphatic carbocycles. The largest absolute Gasteiger partial charge is 0.488 e. The summed E-state index contributed by atoms with van der Waals surface area (Å²) >= 11 is 11.9. The number of halogens is 3. The molecule has 0 aliphatic heterocycles. The highest BCUT2D eigenvalue weighted by molar-refractivity contribution is 6.31. The summed E-state index contributed by atoms with van der Waals surface area (Å²) in [5.74, 6) is -0.551. The van der Waals surface area contributed by atoms with E-state index < -0.39 is 5.91 Å². The van der Waals surface area contributed by atoms with Crippen LogP contribution in [0.4, 0.5) is 10.1 Å². The highest BCUT2D eigenvalue weighted by Gasteiger charge is 2.12. The molecule has 4 nitrogen and oxygen atoms in total. The number of ether oxygens (including phenoxy) is 1. The van der Waals surface area contributed by atoms with Gasteiger partial charge in [0.15, 0.2) is 0 Å². The number of nitrogens with zero attached hydrogens (tertiary/aromatic N) is 1. The van der Waals surface area contributed by atoms with Crippen LogP contribution in [0.3, 0.4) is 0 Å². The second-order valence-corrected chi connectivity index (χ2v) is 7.10. The smallest absolute Gasteiger partial charge is 0.266 e. The monoisotopic (exact) mass is 440 g/mol. The highest BCUT2D eigenvalue weighted by Crippen LogP contribution is 2.26. The molecule has 3 aromatic carbocycles. The highest BCUT2D eigenvalue weighted by atomic mass is 35.5. The zero-order valence-electron chi connectivity index (χ0n) is 15.5. The summed E-state index contributed by atoms with van der Waals surface area (Å²) in [7, 11) is 0. The first-order valence-electron chi connectivity index (χ1n) is 8.80. The van der Waals surface area contributed by atoms with Crippen molar-refractivity contribution in [2.75, 3.05) is 5.32 Å². The van der Waals surface area contributed by atoms with E-state index in [1.807, 2.05) is 6.07 Å². The van der Waals surface area contributed by atoms with Crippen LogP contribution in [0.2, 0.25) is 10.0 Å². The zero-order chi connectivity index (χ0) is 21.5. The van der Waals surface area contributed by atoms with Gasteiger partial charge in [0.25, 0.3) is 5.91 Å². The van der Waals surface area contributed by atoms with Gasteiger partial charge in [-0.15, -0.1) is 0 Å². The average molecular weight is 441 g/mol. The molecule has 0 fully saturated rings. The van der Waals surface area contributed by atoms with E-state index in [2.05, 4.69) is 5.32 Å². The second kappa shape index (κ2) is 9.93. The van der Waals surface area contributed by atoms with E-state index in [4.69, 9.17) is 27.9 Å². The molecule has 1 amide bonds. The first-order chi connectivity index (χ1) is 14.4. The third-order valence-corrected chi connectivity index (χ3v) is 4.51. The Balaban J connectivity index is 1.82. The molecule has 0 spiro atoms. The minimum absolute atomic E-state index is 0.110. The van der Waals surface area contributed by atoms with E-state index in [-0.39, 0.29) is 18.0 Å². The number of anilines is 1. The van der Waals surface area contributed by atoms with Gasteiger partial charge >= 0.3 is 0 Å². The van der Waals surface area contributed by atoms with Crippen LogP contribution in [0.15, 0.2) is 72.3 Å². The van der Waals surface area contributed by atoms with Crippen molar-refractivity contribution < 1.29 is 13.9 Å². The van der Waals surface area contributed by atoms with Crippen molar-refractivity contribution >= 4 is 40.9 Å². The van der Waals surface area contributed by atoms with Crippen molar-refractivity contribution in [3.05, 3.63) is 99.3 Å². The minimum atomic E-state index is -0.587. The summed E-state index contributed by atoms with van der Waals surface area (Å²) in [6.07, 6.45) is 1.39. The average Bonchev–Trinajstić information content (AvgIpc) is 2.73. The molecule has 0 atom stereocenters. The Kier molecular flexibility index (Phi) is 7.08. The van der Waals surface area contributed by atoms with Crippen molar-refractivity contribution in [2.45, 2.75) is 6.61 Å². The number of hydrogen-bond donors (Lipinski definition) is 1. The molecular formula is C23H15Cl2FN2O2. The van der Waals surface area contributed by atoms with Crippen LogP contribution >= 0.6 is 23.2 Å². The van der Waals surface area contributed by atoms with Crippen molar-refractivity contribution in [1.82, 2.24) is 0 Å². The molecule has 3 aromatic rings. The van der Waals surface area contributed by atoms with E-state index >= 15 is 0 Å². The molecule has 0 bridgehead atoms. The maximum Gasteiger partial charge on any atom is 0.266 e. The van der Waals surface area contributed by atoms with Gasteiger partial charge in [0, 0.05) is 21.3 Å². The van der Waals surface area contributed by atoms with Crippen molar-refractivity contribution in [3.63, 3.8) is 0 Å². The van der Waals surface area contributed by atoms with E-state index in [9.17, 15) is 14.4 Å². The lowest BCUT2D eigenvalue weighted by atomic mass is 10.1. The Morgan fingerprint density at radius 3 is 2.50 bits per heavy atom. The maximum atomic E-state index is 13.4. The topological polar surface area (TPSA) is 62.1 Å². The van der Waals surface area contributed by atoms with Gasteiger partial charge in [-0.2, -0.15) is 5.26 Å². The first kappa shape index (κ1) is 21.4. The number of benzene rings is 3. The van der Waals surface area contributed by atoms with Crippen LogP contribution in [0.1, 0.15) is 11.1 Å². The van der Waals surface area contributed by atoms with Crippen molar-refractivity contribution in [2.24, 2.45) is 0 Å². The molecule has 0 radical (unpaired) electrons. The molecule has 0 heterocycles. The summed E-state index contributed by atoms with van der Waals surface area (Å²) in [5.41, 5.74) is 1.45. The van der Waals surface area contributed by atoms with Crippen LogP contribution in [-0.2, 0) is 11.4 Å². The molecule has 150 valence electrons. The molecule has 0 aromatic heterocycles. The van der Waals surface area contributed by atoms with Crippen LogP contribution in [0.25, 0.3) is 6.08 Å². The van der Waals surface area contributed by atoms with Crippen LogP contribution in [-0.4, -0.2) is 5.91 Å². The Morgan fingerprint density at radius 2 is 1.80 bits per heavy atom. The van der Waals surface area contributed by atoms with Gasteiger partial charge in [-0.05, 0) is 66.2 Å². The fraction of sp³-hybridized carbons (Fsp3) is 0.0435. The number of nitriles is 1. The summed E-state index contributed by atoms with van der Waals surface area (Å²) < 4.78 is 19.1. The van der Waals surface area contributed by atoms with E-state index in [1.54, 1.807) is 54.6 Å². The summed E-state index contributed by atoms with van der Waals surface area (Å²) in [6, 6.07) is 19.3. The lowest BCUT2D eigenvalue weighted by Gasteiger charge is -2.11. The van der Waals surface area contributed by atoms with E-state index in [0.717, 1.165) is 0 Å². The fourth-order valence-corrected chi connectivity index (χ4v) is 2.89. The standard InChI is InChI=1S/C23H15Cl2FN2O2/c24-18-4-7-21(8-5-18)28-23(29)17(13-27)11-16-12-19(25)6-9-22(16)30-14-15-2-1-3-20(26)10-15/h1-12H,14H2,(H,28,29)/b17-11+.